The van der Waals surface area contributed by atoms with Crippen molar-refractivity contribution in [3.63, 3.8) is 0 Å². The summed E-state index contributed by atoms with van der Waals surface area (Å²) in [7, 11) is 0. The van der Waals surface area contributed by atoms with Crippen LogP contribution in [0.25, 0.3) is 0 Å². The van der Waals surface area contributed by atoms with Gasteiger partial charge in [-0.25, -0.2) is 4.79 Å². The largest absolute Gasteiger partial charge is 0.480 e. The molecule has 0 aromatic heterocycles. The van der Waals surface area contributed by atoms with Crippen molar-refractivity contribution in [1.82, 2.24) is 15.5 Å². The van der Waals surface area contributed by atoms with Gasteiger partial charge in [-0.2, -0.15) is 0 Å². The van der Waals surface area contributed by atoms with Crippen LogP contribution in [0.2, 0.25) is 0 Å². The number of amides is 3. The number of nitrogens with zero attached hydrogens (tertiary/aromatic N) is 1. The molecule has 0 unspecified atom stereocenters. The maximum absolute atomic E-state index is 12.1. The van der Waals surface area contributed by atoms with E-state index in [1.807, 2.05) is 0 Å². The van der Waals surface area contributed by atoms with Crippen molar-refractivity contribution in [3.8, 4) is 0 Å². The zero-order chi connectivity index (χ0) is 17.6. The molecule has 1 heterocycles. The van der Waals surface area contributed by atoms with E-state index in [1.165, 1.54) is 4.90 Å². The standard InChI is InChI=1S/C14H23N3O6/c1-14(2,3)23-13(22)17-6-4-5-9(17)12(21)16-7-10(18)15-8-11(19)20/h9H,4-8H2,1-3H3,(H,15,18)(H,16,21)(H,19,20)/t9-/m0/s1. The Hall–Kier alpha value is -2.32. The summed E-state index contributed by atoms with van der Waals surface area (Å²) in [5, 5.41) is 13.0. The molecule has 9 nitrogen and oxygen atoms in total. The smallest absolute Gasteiger partial charge is 0.410 e. The molecule has 1 aliphatic rings. The SMILES string of the molecule is CC(C)(C)OC(=O)N1CCC[C@H]1C(=O)NCC(=O)NCC(=O)O. The van der Waals surface area contributed by atoms with Crippen LogP contribution in [0.15, 0.2) is 0 Å². The molecule has 0 saturated carbocycles. The highest BCUT2D eigenvalue weighted by atomic mass is 16.6. The third kappa shape index (κ3) is 6.54. The lowest BCUT2D eigenvalue weighted by atomic mass is 10.2. The molecule has 1 saturated heterocycles. The molecule has 130 valence electrons. The molecule has 1 rings (SSSR count). The minimum absolute atomic E-state index is 0.342. The molecular formula is C14H23N3O6. The van der Waals surface area contributed by atoms with Crippen molar-refractivity contribution >= 4 is 23.9 Å². The van der Waals surface area contributed by atoms with Gasteiger partial charge in [0.2, 0.25) is 11.8 Å². The summed E-state index contributed by atoms with van der Waals surface area (Å²) >= 11 is 0. The Morgan fingerprint density at radius 1 is 1.17 bits per heavy atom. The highest BCUT2D eigenvalue weighted by molar-refractivity contribution is 5.90. The summed E-state index contributed by atoms with van der Waals surface area (Å²) in [5.74, 6) is -2.24. The number of rotatable bonds is 5. The van der Waals surface area contributed by atoms with E-state index in [1.54, 1.807) is 20.8 Å². The second kappa shape index (κ2) is 7.80. The fourth-order valence-electron chi connectivity index (χ4n) is 2.10. The number of hydrogen-bond donors (Lipinski definition) is 3. The van der Waals surface area contributed by atoms with Gasteiger partial charge in [0.25, 0.3) is 0 Å². The van der Waals surface area contributed by atoms with Gasteiger partial charge in [-0.1, -0.05) is 0 Å². The van der Waals surface area contributed by atoms with Gasteiger partial charge in [0, 0.05) is 6.54 Å². The number of hydrogen-bond acceptors (Lipinski definition) is 5. The molecule has 0 aromatic rings. The van der Waals surface area contributed by atoms with Crippen molar-refractivity contribution in [1.29, 1.82) is 0 Å². The van der Waals surface area contributed by atoms with Crippen LogP contribution in [0.3, 0.4) is 0 Å². The number of carboxylic acid groups (broad SMARTS) is 1. The fourth-order valence-corrected chi connectivity index (χ4v) is 2.10. The van der Waals surface area contributed by atoms with Crippen LogP contribution in [0, 0.1) is 0 Å². The Labute approximate surface area is 134 Å². The number of nitrogens with one attached hydrogen (secondary N) is 2. The van der Waals surface area contributed by atoms with E-state index in [-0.39, 0.29) is 6.54 Å². The Morgan fingerprint density at radius 3 is 2.39 bits per heavy atom. The topological polar surface area (TPSA) is 125 Å². The molecule has 0 aliphatic carbocycles. The molecule has 3 N–H and O–H groups in total. The zero-order valence-electron chi connectivity index (χ0n) is 13.5. The number of aliphatic carboxylic acids is 1. The average Bonchev–Trinajstić information content (AvgIpc) is 2.90. The van der Waals surface area contributed by atoms with Gasteiger partial charge in [0.05, 0.1) is 6.54 Å². The second-order valence-corrected chi connectivity index (χ2v) is 6.22. The molecule has 1 fully saturated rings. The van der Waals surface area contributed by atoms with Crippen molar-refractivity contribution < 1.29 is 29.0 Å². The summed E-state index contributed by atoms with van der Waals surface area (Å²) in [5.41, 5.74) is -0.655. The monoisotopic (exact) mass is 329 g/mol. The molecule has 1 atom stereocenters. The number of likely N-dealkylation sites (tertiary alicyclic amines) is 1. The van der Waals surface area contributed by atoms with Crippen LogP contribution < -0.4 is 10.6 Å². The lowest BCUT2D eigenvalue weighted by molar-refractivity contribution is -0.137. The van der Waals surface area contributed by atoms with E-state index in [0.29, 0.717) is 19.4 Å². The minimum atomic E-state index is -1.17. The number of carbonyl (C=O) groups is 4. The van der Waals surface area contributed by atoms with Gasteiger partial charge >= 0.3 is 12.1 Å². The second-order valence-electron chi connectivity index (χ2n) is 6.22. The first-order valence-corrected chi connectivity index (χ1v) is 7.36. The van der Waals surface area contributed by atoms with Crippen LogP contribution >= 0.6 is 0 Å². The Morgan fingerprint density at radius 2 is 1.83 bits per heavy atom. The van der Waals surface area contributed by atoms with E-state index in [0.717, 1.165) is 0 Å². The lowest BCUT2D eigenvalue weighted by Crippen LogP contribution is -2.49. The fraction of sp³-hybridized carbons (Fsp3) is 0.714. The summed E-state index contributed by atoms with van der Waals surface area (Å²) < 4.78 is 5.25. The highest BCUT2D eigenvalue weighted by Crippen LogP contribution is 2.20. The van der Waals surface area contributed by atoms with Crippen LogP contribution in [-0.4, -0.2) is 65.2 Å². The normalized spacial score (nSPS) is 17.5. The molecule has 0 aromatic carbocycles. The quantitative estimate of drug-likeness (QED) is 0.636. The molecule has 1 aliphatic heterocycles. The summed E-state index contributed by atoms with van der Waals surface area (Å²) in [6, 6.07) is -0.683. The first-order chi connectivity index (χ1) is 10.6. The Kier molecular flexibility index (Phi) is 6.35. The van der Waals surface area contributed by atoms with E-state index < -0.39 is 42.1 Å². The molecular weight excluding hydrogens is 306 g/mol. The van der Waals surface area contributed by atoms with Crippen LogP contribution in [0.4, 0.5) is 4.79 Å². The van der Waals surface area contributed by atoms with Gasteiger partial charge in [-0.3, -0.25) is 19.3 Å². The Bertz CT molecular complexity index is 485. The van der Waals surface area contributed by atoms with Gasteiger partial charge in [0.15, 0.2) is 0 Å². The molecule has 0 spiro atoms. The zero-order valence-corrected chi connectivity index (χ0v) is 13.5. The van der Waals surface area contributed by atoms with E-state index in [9.17, 15) is 19.2 Å². The predicted octanol–water partition coefficient (Wildman–Crippen LogP) is -0.297. The van der Waals surface area contributed by atoms with E-state index in [2.05, 4.69) is 10.6 Å². The average molecular weight is 329 g/mol. The number of carboxylic acids is 1. The van der Waals surface area contributed by atoms with Crippen LogP contribution in [0.1, 0.15) is 33.6 Å². The van der Waals surface area contributed by atoms with Crippen molar-refractivity contribution in [2.75, 3.05) is 19.6 Å². The van der Waals surface area contributed by atoms with Gasteiger partial charge < -0.3 is 20.5 Å². The van der Waals surface area contributed by atoms with Crippen molar-refractivity contribution in [2.24, 2.45) is 0 Å². The maximum atomic E-state index is 12.1. The summed E-state index contributed by atoms with van der Waals surface area (Å²) in [6.45, 7) is 4.78. The molecule has 23 heavy (non-hydrogen) atoms. The van der Waals surface area contributed by atoms with E-state index in [4.69, 9.17) is 9.84 Å². The number of carbonyl (C=O) groups excluding carboxylic acids is 3. The van der Waals surface area contributed by atoms with Crippen molar-refractivity contribution in [2.45, 2.75) is 45.3 Å². The van der Waals surface area contributed by atoms with E-state index >= 15 is 0 Å². The predicted molar refractivity (Wildman–Crippen MR) is 79.6 cm³/mol. The van der Waals surface area contributed by atoms with Gasteiger partial charge in [-0.05, 0) is 33.6 Å². The third-order valence-corrected chi connectivity index (χ3v) is 3.04. The molecule has 9 heteroatoms. The summed E-state index contributed by atoms with van der Waals surface area (Å²) in [4.78, 5) is 47.2. The third-order valence-electron chi connectivity index (χ3n) is 3.04. The number of ether oxygens (including phenoxy) is 1. The van der Waals surface area contributed by atoms with Gasteiger partial charge in [-0.15, -0.1) is 0 Å². The minimum Gasteiger partial charge on any atom is -0.480 e. The highest BCUT2D eigenvalue weighted by Gasteiger charge is 2.36. The lowest BCUT2D eigenvalue weighted by Gasteiger charge is -2.27. The molecule has 0 bridgehead atoms. The maximum Gasteiger partial charge on any atom is 0.410 e. The van der Waals surface area contributed by atoms with Crippen molar-refractivity contribution in [3.05, 3.63) is 0 Å². The Balaban J connectivity index is 2.49. The first-order valence-electron chi connectivity index (χ1n) is 7.36. The van der Waals surface area contributed by atoms with Gasteiger partial charge in [0.1, 0.15) is 18.2 Å². The molecule has 3 amide bonds. The molecule has 0 radical (unpaired) electrons. The summed E-state index contributed by atoms with van der Waals surface area (Å²) in [6.07, 6.45) is 0.593. The van der Waals surface area contributed by atoms with Crippen LogP contribution in [0.5, 0.6) is 0 Å². The first kappa shape index (κ1) is 18.7. The van der Waals surface area contributed by atoms with Crippen LogP contribution in [-0.2, 0) is 19.1 Å².